The summed E-state index contributed by atoms with van der Waals surface area (Å²) in [5.41, 5.74) is 0.949. The Morgan fingerprint density at radius 1 is 1.40 bits per heavy atom. The van der Waals surface area contributed by atoms with Crippen LogP contribution in [0.4, 0.5) is 5.13 Å². The molecule has 0 saturated carbocycles. The Hall–Kier alpha value is -1.81. The first-order valence-corrected chi connectivity index (χ1v) is 11.1. The third kappa shape index (κ3) is 4.91. The number of hydrogen-bond acceptors (Lipinski definition) is 7. The molecule has 1 aliphatic heterocycles. The van der Waals surface area contributed by atoms with Crippen LogP contribution in [0.15, 0.2) is 6.20 Å². The van der Waals surface area contributed by atoms with Gasteiger partial charge in [-0.3, -0.25) is 4.79 Å². The van der Waals surface area contributed by atoms with E-state index in [4.69, 9.17) is 27.9 Å². The highest BCUT2D eigenvalue weighted by Crippen LogP contribution is 2.31. The topological polar surface area (TPSA) is 90.6 Å². The van der Waals surface area contributed by atoms with E-state index in [0.717, 1.165) is 18.1 Å². The van der Waals surface area contributed by atoms with Gasteiger partial charge >= 0.3 is 5.97 Å². The van der Waals surface area contributed by atoms with E-state index < -0.39 is 0 Å². The predicted molar refractivity (Wildman–Crippen MR) is 119 cm³/mol. The third-order valence-electron chi connectivity index (χ3n) is 5.08. The summed E-state index contributed by atoms with van der Waals surface area (Å²) in [6.07, 6.45) is 2.28. The Labute approximate surface area is 189 Å². The van der Waals surface area contributed by atoms with Crippen LogP contribution in [0.1, 0.15) is 32.3 Å². The summed E-state index contributed by atoms with van der Waals surface area (Å²) in [5.74, 6) is -0.490. The zero-order valence-corrected chi connectivity index (χ0v) is 19.6. The minimum absolute atomic E-state index is 0.0327. The summed E-state index contributed by atoms with van der Waals surface area (Å²) in [6, 6.07) is -0.0327. The molecule has 0 radical (unpaired) electrons. The molecule has 2 atom stereocenters. The van der Waals surface area contributed by atoms with Crippen LogP contribution in [0.2, 0.25) is 10.0 Å². The molecule has 1 amide bonds. The number of rotatable bonds is 6. The number of esters is 1. The average Bonchev–Trinajstić information content (AvgIpc) is 3.29. The Bertz CT molecular complexity index is 929. The van der Waals surface area contributed by atoms with Crippen molar-refractivity contribution in [2.75, 3.05) is 45.7 Å². The summed E-state index contributed by atoms with van der Waals surface area (Å²) < 4.78 is 4.77. The Morgan fingerprint density at radius 3 is 2.73 bits per heavy atom. The number of thiazole rings is 1. The summed E-state index contributed by atoms with van der Waals surface area (Å²) in [7, 11) is 5.36. The smallest absolute Gasteiger partial charge is 0.349 e. The van der Waals surface area contributed by atoms with Crippen LogP contribution in [-0.4, -0.2) is 73.6 Å². The van der Waals surface area contributed by atoms with Gasteiger partial charge in [-0.15, -0.1) is 0 Å². The SMILES string of the molecule is COC(=O)c1cnc(N2CCC(NC(=O)c3[nH]c(C)c(Cl)c3Cl)C(CN(C)C)C2)s1. The number of hydrogen-bond donors (Lipinski definition) is 2. The van der Waals surface area contributed by atoms with Crippen LogP contribution < -0.4 is 10.2 Å². The van der Waals surface area contributed by atoms with Crippen LogP contribution in [0, 0.1) is 12.8 Å². The zero-order valence-electron chi connectivity index (χ0n) is 17.3. The number of amides is 1. The number of carbonyl (C=O) groups is 2. The molecule has 8 nitrogen and oxygen atoms in total. The molecule has 0 aromatic carbocycles. The van der Waals surface area contributed by atoms with Gasteiger partial charge in [0, 0.05) is 37.3 Å². The summed E-state index contributed by atoms with van der Waals surface area (Å²) in [5, 5.41) is 4.50. The molecule has 2 aromatic heterocycles. The number of nitrogens with one attached hydrogen (secondary N) is 2. The highest BCUT2D eigenvalue weighted by molar-refractivity contribution is 7.17. The lowest BCUT2D eigenvalue weighted by atomic mass is 9.91. The van der Waals surface area contributed by atoms with E-state index in [2.05, 4.69) is 25.1 Å². The van der Waals surface area contributed by atoms with E-state index in [9.17, 15) is 9.59 Å². The first-order valence-electron chi connectivity index (χ1n) is 9.49. The molecule has 1 fully saturated rings. The second kappa shape index (κ2) is 9.55. The second-order valence-electron chi connectivity index (χ2n) is 7.59. The fraction of sp³-hybridized carbons (Fsp3) is 0.526. The van der Waals surface area contributed by atoms with Gasteiger partial charge in [0.1, 0.15) is 10.6 Å². The van der Waals surface area contributed by atoms with E-state index in [0.29, 0.717) is 28.7 Å². The molecule has 2 unspecified atom stereocenters. The van der Waals surface area contributed by atoms with Gasteiger partial charge in [-0.2, -0.15) is 0 Å². The number of anilines is 1. The molecule has 0 bridgehead atoms. The number of H-pyrrole nitrogens is 1. The lowest BCUT2D eigenvalue weighted by molar-refractivity contribution is 0.0606. The standard InChI is InChI=1S/C19H25Cl2N5O3S/c1-10-14(20)15(21)16(23-10)17(27)24-12-5-6-26(9-11(12)8-25(2)3)19-22-7-13(30-19)18(28)29-4/h7,11-12,23H,5-6,8-9H2,1-4H3,(H,24,27). The lowest BCUT2D eigenvalue weighted by Crippen LogP contribution is -2.53. The molecular formula is C19H25Cl2N5O3S. The van der Waals surface area contributed by atoms with Crippen LogP contribution in [-0.2, 0) is 4.74 Å². The van der Waals surface area contributed by atoms with Crippen molar-refractivity contribution in [3.8, 4) is 0 Å². The van der Waals surface area contributed by atoms with Crippen LogP contribution in [0.25, 0.3) is 0 Å². The highest BCUT2D eigenvalue weighted by atomic mass is 35.5. The van der Waals surface area contributed by atoms with Crippen molar-refractivity contribution in [2.24, 2.45) is 5.92 Å². The fourth-order valence-electron chi connectivity index (χ4n) is 3.62. The average molecular weight is 474 g/mol. The maximum Gasteiger partial charge on any atom is 0.349 e. The molecule has 0 spiro atoms. The number of methoxy groups -OCH3 is 1. The molecule has 11 heteroatoms. The molecular weight excluding hydrogens is 449 g/mol. The number of aromatic nitrogens is 2. The van der Waals surface area contributed by atoms with Gasteiger partial charge < -0.3 is 24.8 Å². The largest absolute Gasteiger partial charge is 0.465 e. The van der Waals surface area contributed by atoms with Crippen molar-refractivity contribution in [1.29, 1.82) is 0 Å². The van der Waals surface area contributed by atoms with E-state index in [1.54, 1.807) is 13.1 Å². The van der Waals surface area contributed by atoms with Crippen molar-refractivity contribution in [2.45, 2.75) is 19.4 Å². The van der Waals surface area contributed by atoms with Gasteiger partial charge in [0.15, 0.2) is 5.13 Å². The maximum atomic E-state index is 12.8. The molecule has 164 valence electrons. The van der Waals surface area contributed by atoms with E-state index in [1.165, 1.54) is 18.4 Å². The zero-order chi connectivity index (χ0) is 22.0. The first-order chi connectivity index (χ1) is 14.2. The number of aromatic amines is 1. The predicted octanol–water partition coefficient (Wildman–Crippen LogP) is 3.06. The molecule has 3 rings (SSSR count). The van der Waals surface area contributed by atoms with Crippen LogP contribution in [0.3, 0.4) is 0 Å². The van der Waals surface area contributed by atoms with Crippen molar-refractivity contribution in [1.82, 2.24) is 20.2 Å². The Kier molecular flexibility index (Phi) is 7.28. The summed E-state index contributed by atoms with van der Waals surface area (Å²) in [6.45, 7) is 3.97. The Balaban J connectivity index is 1.73. The van der Waals surface area contributed by atoms with Crippen molar-refractivity contribution in [3.05, 3.63) is 32.5 Å². The highest BCUT2D eigenvalue weighted by Gasteiger charge is 2.33. The minimum atomic E-state index is -0.387. The number of halogens is 2. The minimum Gasteiger partial charge on any atom is -0.465 e. The number of nitrogens with zero attached hydrogens (tertiary/aromatic N) is 3. The summed E-state index contributed by atoms with van der Waals surface area (Å²) in [4.78, 5) is 36.6. The molecule has 1 saturated heterocycles. The number of piperidine rings is 1. The molecule has 30 heavy (non-hydrogen) atoms. The fourth-order valence-corrected chi connectivity index (χ4v) is 4.91. The normalized spacial score (nSPS) is 19.2. The Morgan fingerprint density at radius 2 is 2.13 bits per heavy atom. The maximum absolute atomic E-state index is 12.8. The van der Waals surface area contributed by atoms with E-state index >= 15 is 0 Å². The van der Waals surface area contributed by atoms with Crippen LogP contribution in [0.5, 0.6) is 0 Å². The molecule has 2 aromatic rings. The second-order valence-corrected chi connectivity index (χ2v) is 9.35. The van der Waals surface area contributed by atoms with Crippen molar-refractivity contribution < 1.29 is 14.3 Å². The van der Waals surface area contributed by atoms with Gasteiger partial charge in [-0.05, 0) is 27.4 Å². The molecule has 2 N–H and O–H groups in total. The third-order valence-corrected chi connectivity index (χ3v) is 7.07. The van der Waals surface area contributed by atoms with Gasteiger partial charge in [0.05, 0.1) is 23.4 Å². The quantitative estimate of drug-likeness (QED) is 0.626. The number of carbonyl (C=O) groups excluding carboxylic acids is 2. The van der Waals surface area contributed by atoms with Crippen molar-refractivity contribution in [3.63, 3.8) is 0 Å². The lowest BCUT2D eigenvalue weighted by Gasteiger charge is -2.40. The van der Waals surface area contributed by atoms with E-state index in [1.807, 2.05) is 14.1 Å². The summed E-state index contributed by atoms with van der Waals surface area (Å²) >= 11 is 13.6. The van der Waals surface area contributed by atoms with Crippen molar-refractivity contribution >= 4 is 51.5 Å². The number of aryl methyl sites for hydroxylation is 1. The monoisotopic (exact) mass is 473 g/mol. The van der Waals surface area contributed by atoms with Crippen LogP contribution >= 0.6 is 34.5 Å². The molecule has 1 aliphatic rings. The molecule has 0 aliphatic carbocycles. The van der Waals surface area contributed by atoms with Gasteiger partial charge in [0.25, 0.3) is 5.91 Å². The molecule has 3 heterocycles. The van der Waals surface area contributed by atoms with Gasteiger partial charge in [-0.1, -0.05) is 34.5 Å². The van der Waals surface area contributed by atoms with Gasteiger partial charge in [0.2, 0.25) is 0 Å². The van der Waals surface area contributed by atoms with Gasteiger partial charge in [-0.25, -0.2) is 9.78 Å². The first kappa shape index (κ1) is 22.9. The number of ether oxygens (including phenoxy) is 1. The van der Waals surface area contributed by atoms with E-state index in [-0.39, 0.29) is 34.6 Å².